The number of nitrogens with zero attached hydrogens (tertiary/aromatic N) is 3. The van der Waals surface area contributed by atoms with Crippen LogP contribution in [0, 0.1) is 5.82 Å². The van der Waals surface area contributed by atoms with E-state index in [2.05, 4.69) is 17.3 Å². The third-order valence-electron chi connectivity index (χ3n) is 6.03. The molecule has 1 N–H and O–H groups in total. The average Bonchev–Trinajstić information content (AvgIpc) is 3.52. The maximum atomic E-state index is 13.4. The number of amides is 1. The van der Waals surface area contributed by atoms with Gasteiger partial charge in [0.2, 0.25) is 0 Å². The Morgan fingerprint density at radius 3 is 2.71 bits per heavy atom. The van der Waals surface area contributed by atoms with Gasteiger partial charge in [-0.15, -0.1) is 0 Å². The third-order valence-corrected chi connectivity index (χ3v) is 6.03. The molecule has 4 aromatic rings. The summed E-state index contributed by atoms with van der Waals surface area (Å²) in [6.45, 7) is 3.10. The maximum absolute atomic E-state index is 13.4. The minimum Gasteiger partial charge on any atom is -0.497 e. The van der Waals surface area contributed by atoms with Crippen LogP contribution in [0.2, 0.25) is 0 Å². The van der Waals surface area contributed by atoms with Gasteiger partial charge in [-0.25, -0.2) is 14.1 Å². The number of fused-ring (bicyclic) bond motifs is 1. The molecule has 5 rings (SSSR count). The van der Waals surface area contributed by atoms with Crippen molar-refractivity contribution in [3.8, 4) is 28.4 Å². The van der Waals surface area contributed by atoms with Crippen LogP contribution < -0.4 is 14.8 Å². The second-order valence-corrected chi connectivity index (χ2v) is 8.48. The molecule has 1 unspecified atom stereocenters. The smallest absolute Gasteiger partial charge is 0.254 e. The second kappa shape index (κ2) is 9.58. The molecule has 2 aromatic carbocycles. The Kier molecular flexibility index (Phi) is 6.18. The number of hydrogen-bond acceptors (Lipinski definition) is 5. The van der Waals surface area contributed by atoms with Crippen molar-refractivity contribution in [2.45, 2.75) is 19.3 Å². The summed E-state index contributed by atoms with van der Waals surface area (Å²) in [6.07, 6.45) is 3.78. The first-order valence-electron chi connectivity index (χ1n) is 11.4. The fourth-order valence-electron chi connectivity index (χ4n) is 4.08. The normalized spacial score (nSPS) is 14.3. The Hall–Kier alpha value is -4.20. The van der Waals surface area contributed by atoms with E-state index in [-0.39, 0.29) is 17.6 Å². The number of nitrogens with one attached hydrogen (secondary N) is 1. The lowest BCUT2D eigenvalue weighted by Gasteiger charge is -2.12. The molecule has 0 spiro atoms. The molecule has 2 aromatic heterocycles. The number of benzene rings is 2. The van der Waals surface area contributed by atoms with Crippen molar-refractivity contribution in [2.75, 3.05) is 20.3 Å². The van der Waals surface area contributed by atoms with Gasteiger partial charge >= 0.3 is 0 Å². The minimum absolute atomic E-state index is 0.207. The van der Waals surface area contributed by atoms with E-state index in [1.807, 2.05) is 30.3 Å². The molecular formula is C27H25FN4O3. The first-order chi connectivity index (χ1) is 17.0. The molecule has 0 aliphatic carbocycles. The molecule has 0 saturated heterocycles. The minimum atomic E-state index is -0.297. The van der Waals surface area contributed by atoms with E-state index >= 15 is 0 Å². The number of halogens is 1. The van der Waals surface area contributed by atoms with Gasteiger partial charge in [-0.1, -0.05) is 6.92 Å². The van der Waals surface area contributed by atoms with E-state index in [1.54, 1.807) is 36.3 Å². The summed E-state index contributed by atoms with van der Waals surface area (Å²) in [5, 5.41) is 7.23. The number of carbonyl (C=O) groups excluding carboxylic acids is 1. The van der Waals surface area contributed by atoms with Crippen molar-refractivity contribution in [2.24, 2.45) is 0 Å². The van der Waals surface area contributed by atoms with E-state index in [0.29, 0.717) is 30.8 Å². The summed E-state index contributed by atoms with van der Waals surface area (Å²) in [5.74, 6) is 1.24. The van der Waals surface area contributed by atoms with Crippen LogP contribution >= 0.6 is 0 Å². The van der Waals surface area contributed by atoms with Crippen LogP contribution in [0.3, 0.4) is 0 Å². The van der Waals surface area contributed by atoms with Gasteiger partial charge in [0.25, 0.3) is 5.91 Å². The zero-order valence-electron chi connectivity index (χ0n) is 19.5. The Morgan fingerprint density at radius 1 is 1.20 bits per heavy atom. The van der Waals surface area contributed by atoms with Gasteiger partial charge in [0, 0.05) is 41.9 Å². The molecule has 1 aliphatic heterocycles. The zero-order chi connectivity index (χ0) is 24.4. The van der Waals surface area contributed by atoms with E-state index in [1.165, 1.54) is 12.1 Å². The van der Waals surface area contributed by atoms with Crippen LogP contribution in [0.5, 0.6) is 11.5 Å². The molecule has 7 nitrogen and oxygen atoms in total. The fraction of sp³-hybridized carbons (Fsp3) is 0.222. The van der Waals surface area contributed by atoms with Crippen molar-refractivity contribution in [1.29, 1.82) is 0 Å². The SMILES string of the molecule is COc1ccc(-n2cc(C(=O)NCCc3cc4c(c(-c5ccc(F)cc5)n3)OCC4C)cn2)cc1. The Morgan fingerprint density at radius 2 is 1.97 bits per heavy atom. The lowest BCUT2D eigenvalue weighted by Crippen LogP contribution is -2.25. The predicted octanol–water partition coefficient (Wildman–Crippen LogP) is 4.55. The van der Waals surface area contributed by atoms with Crippen molar-refractivity contribution < 1.29 is 18.7 Å². The highest BCUT2D eigenvalue weighted by atomic mass is 19.1. The topological polar surface area (TPSA) is 78.3 Å². The number of methoxy groups -OCH3 is 1. The van der Waals surface area contributed by atoms with Crippen molar-refractivity contribution in [3.05, 3.63) is 89.6 Å². The molecule has 35 heavy (non-hydrogen) atoms. The summed E-state index contributed by atoms with van der Waals surface area (Å²) >= 11 is 0. The standard InChI is InChI=1S/C27H25FN4O3/c1-17-16-35-26-24(17)13-21(31-25(26)18-3-5-20(28)6-4-18)11-12-29-27(33)19-14-30-32(15-19)22-7-9-23(34-2)10-8-22/h3-10,13-15,17H,11-12,16H2,1-2H3,(H,29,33). The summed E-state index contributed by atoms with van der Waals surface area (Å²) in [5.41, 5.74) is 4.73. The van der Waals surface area contributed by atoms with Crippen LogP contribution in [0.25, 0.3) is 16.9 Å². The first kappa shape index (κ1) is 22.6. The van der Waals surface area contributed by atoms with Crippen LogP contribution in [0.1, 0.15) is 34.5 Å². The molecule has 0 bridgehead atoms. The molecule has 1 amide bonds. The molecule has 178 valence electrons. The Labute approximate surface area is 202 Å². The van der Waals surface area contributed by atoms with Crippen molar-refractivity contribution in [3.63, 3.8) is 0 Å². The zero-order valence-corrected chi connectivity index (χ0v) is 19.5. The predicted molar refractivity (Wildman–Crippen MR) is 130 cm³/mol. The lowest BCUT2D eigenvalue weighted by molar-refractivity contribution is 0.0954. The first-order valence-corrected chi connectivity index (χ1v) is 11.4. The van der Waals surface area contributed by atoms with E-state index < -0.39 is 0 Å². The van der Waals surface area contributed by atoms with Gasteiger partial charge in [0.1, 0.15) is 23.0 Å². The largest absolute Gasteiger partial charge is 0.497 e. The molecular weight excluding hydrogens is 447 g/mol. The average molecular weight is 473 g/mol. The Balaban J connectivity index is 1.27. The molecule has 0 radical (unpaired) electrons. The highest BCUT2D eigenvalue weighted by molar-refractivity contribution is 5.93. The number of carbonyl (C=O) groups is 1. The fourth-order valence-corrected chi connectivity index (χ4v) is 4.08. The monoisotopic (exact) mass is 472 g/mol. The molecule has 0 fully saturated rings. The summed E-state index contributed by atoms with van der Waals surface area (Å²) in [4.78, 5) is 17.5. The summed E-state index contributed by atoms with van der Waals surface area (Å²) < 4.78 is 26.1. The van der Waals surface area contributed by atoms with E-state index in [9.17, 15) is 9.18 Å². The van der Waals surface area contributed by atoms with Crippen LogP contribution in [-0.2, 0) is 6.42 Å². The van der Waals surface area contributed by atoms with E-state index in [0.717, 1.165) is 34.0 Å². The van der Waals surface area contributed by atoms with Gasteiger partial charge < -0.3 is 14.8 Å². The third kappa shape index (κ3) is 4.73. The van der Waals surface area contributed by atoms with Crippen LogP contribution in [0.15, 0.2) is 67.0 Å². The molecule has 1 aliphatic rings. The van der Waals surface area contributed by atoms with Crippen LogP contribution in [-0.4, -0.2) is 40.9 Å². The maximum Gasteiger partial charge on any atom is 0.254 e. The molecule has 8 heteroatoms. The van der Waals surface area contributed by atoms with E-state index in [4.69, 9.17) is 14.5 Å². The highest BCUT2D eigenvalue weighted by Gasteiger charge is 2.26. The number of rotatable bonds is 7. The number of ether oxygens (including phenoxy) is 2. The summed E-state index contributed by atoms with van der Waals surface area (Å²) in [6, 6.07) is 15.7. The van der Waals surface area contributed by atoms with Crippen molar-refractivity contribution in [1.82, 2.24) is 20.1 Å². The van der Waals surface area contributed by atoms with Gasteiger partial charge in [-0.05, 0) is 54.6 Å². The van der Waals surface area contributed by atoms with Gasteiger partial charge in [-0.3, -0.25) is 4.79 Å². The van der Waals surface area contributed by atoms with Gasteiger partial charge in [-0.2, -0.15) is 5.10 Å². The number of hydrogen-bond donors (Lipinski definition) is 1. The number of aromatic nitrogens is 3. The van der Waals surface area contributed by atoms with Crippen LogP contribution in [0.4, 0.5) is 4.39 Å². The van der Waals surface area contributed by atoms with Gasteiger partial charge in [0.15, 0.2) is 0 Å². The van der Waals surface area contributed by atoms with Crippen molar-refractivity contribution >= 4 is 5.91 Å². The highest BCUT2D eigenvalue weighted by Crippen LogP contribution is 2.41. The molecule has 1 atom stereocenters. The number of pyridine rings is 1. The molecule has 3 heterocycles. The van der Waals surface area contributed by atoms with Gasteiger partial charge in [0.05, 0.1) is 31.2 Å². The second-order valence-electron chi connectivity index (χ2n) is 8.48. The Bertz CT molecular complexity index is 1350. The molecule has 0 saturated carbocycles. The lowest BCUT2D eigenvalue weighted by atomic mass is 9.99. The quantitative estimate of drug-likeness (QED) is 0.427. The summed E-state index contributed by atoms with van der Waals surface area (Å²) in [7, 11) is 1.61.